The van der Waals surface area contributed by atoms with Crippen molar-refractivity contribution in [1.82, 2.24) is 0 Å². The van der Waals surface area contributed by atoms with Gasteiger partial charge in [0.25, 0.3) is 0 Å². The highest BCUT2D eigenvalue weighted by molar-refractivity contribution is 5.82. The topological polar surface area (TPSA) is 26.3 Å². The predicted octanol–water partition coefficient (Wildman–Crippen LogP) is 4.88. The van der Waals surface area contributed by atoms with Crippen LogP contribution in [0.4, 0.5) is 0 Å². The van der Waals surface area contributed by atoms with Gasteiger partial charge in [-0.05, 0) is 61.9 Å². The first kappa shape index (κ1) is 14.8. The quantitative estimate of drug-likeness (QED) is 0.509. The van der Waals surface area contributed by atoms with Gasteiger partial charge < -0.3 is 4.74 Å². The maximum absolute atomic E-state index is 13.1. The Morgan fingerprint density at radius 3 is 2.64 bits per heavy atom. The molecule has 0 amide bonds. The van der Waals surface area contributed by atoms with Crippen LogP contribution in [0, 0.1) is 28.6 Å². The van der Waals surface area contributed by atoms with Crippen LogP contribution < -0.4 is 0 Å². The van der Waals surface area contributed by atoms with Gasteiger partial charge in [-0.3, -0.25) is 4.79 Å². The number of allylic oxidation sites excluding steroid dienone is 1. The fourth-order valence-corrected chi connectivity index (χ4v) is 6.56. The molecule has 122 valence electrons. The number of esters is 1. The summed E-state index contributed by atoms with van der Waals surface area (Å²) < 4.78 is 6.20. The molecular weight excluding hydrogens is 272 g/mol. The summed E-state index contributed by atoms with van der Waals surface area (Å²) in [4.78, 5) is 13.1. The third kappa shape index (κ3) is 1.65. The highest BCUT2D eigenvalue weighted by Crippen LogP contribution is 2.69. The molecule has 2 bridgehead atoms. The molecule has 2 heteroatoms. The molecule has 4 aliphatic rings. The lowest BCUT2D eigenvalue weighted by Crippen LogP contribution is -2.56. The molecule has 1 heterocycles. The maximum Gasteiger partial charge on any atom is 0.313 e. The molecular formula is C20H30O2. The highest BCUT2D eigenvalue weighted by Gasteiger charge is 2.72. The molecule has 2 nitrogen and oxygen atoms in total. The van der Waals surface area contributed by atoms with E-state index >= 15 is 0 Å². The summed E-state index contributed by atoms with van der Waals surface area (Å²) in [6, 6.07) is 0. The fourth-order valence-electron chi connectivity index (χ4n) is 6.56. The maximum atomic E-state index is 13.1. The minimum Gasteiger partial charge on any atom is -0.454 e. The average Bonchev–Trinajstić information content (AvgIpc) is 2.59. The van der Waals surface area contributed by atoms with Crippen LogP contribution in [-0.2, 0) is 9.53 Å². The van der Waals surface area contributed by atoms with E-state index in [4.69, 9.17) is 4.74 Å². The summed E-state index contributed by atoms with van der Waals surface area (Å²) in [6.45, 7) is 9.31. The molecule has 0 N–H and O–H groups in total. The van der Waals surface area contributed by atoms with Gasteiger partial charge in [-0.2, -0.15) is 0 Å². The Morgan fingerprint density at radius 2 is 1.91 bits per heavy atom. The summed E-state index contributed by atoms with van der Waals surface area (Å²) >= 11 is 0. The van der Waals surface area contributed by atoms with Gasteiger partial charge in [0.2, 0.25) is 0 Å². The first-order valence-corrected chi connectivity index (χ1v) is 9.27. The van der Waals surface area contributed by atoms with Crippen molar-refractivity contribution in [2.45, 2.75) is 78.2 Å². The van der Waals surface area contributed by atoms with Crippen LogP contribution >= 0.6 is 0 Å². The molecule has 4 unspecified atom stereocenters. The van der Waals surface area contributed by atoms with Crippen LogP contribution in [0.2, 0.25) is 0 Å². The van der Waals surface area contributed by atoms with Crippen molar-refractivity contribution in [1.29, 1.82) is 0 Å². The van der Waals surface area contributed by atoms with Crippen molar-refractivity contribution in [3.63, 3.8) is 0 Å². The Kier molecular flexibility index (Phi) is 2.95. The van der Waals surface area contributed by atoms with Gasteiger partial charge in [-0.15, -0.1) is 0 Å². The smallest absolute Gasteiger partial charge is 0.313 e. The third-order valence-corrected chi connectivity index (χ3v) is 7.57. The number of hydrogen-bond acceptors (Lipinski definition) is 2. The second kappa shape index (κ2) is 4.39. The average molecular weight is 302 g/mol. The summed E-state index contributed by atoms with van der Waals surface area (Å²) in [5.41, 5.74) is 1.38. The largest absolute Gasteiger partial charge is 0.454 e. The number of ether oxygens (including phenoxy) is 1. The van der Waals surface area contributed by atoms with Crippen molar-refractivity contribution in [2.75, 3.05) is 0 Å². The Morgan fingerprint density at radius 1 is 1.14 bits per heavy atom. The highest BCUT2D eigenvalue weighted by atomic mass is 16.6. The van der Waals surface area contributed by atoms with E-state index in [-0.39, 0.29) is 22.4 Å². The van der Waals surface area contributed by atoms with Crippen molar-refractivity contribution in [3.05, 3.63) is 11.6 Å². The van der Waals surface area contributed by atoms with Crippen molar-refractivity contribution in [2.24, 2.45) is 28.6 Å². The number of rotatable bonds is 1. The Labute approximate surface area is 134 Å². The molecule has 22 heavy (non-hydrogen) atoms. The standard InChI is InChI=1S/C20H30O2/c1-13(2)14-6-7-16-19(12-14)11-8-15-18(3,4)9-5-10-20(15,16)17(21)22-19/h12-13,15-16H,5-11H2,1-4H3. The minimum atomic E-state index is -0.251. The zero-order valence-electron chi connectivity index (χ0n) is 14.6. The lowest BCUT2D eigenvalue weighted by Gasteiger charge is -2.56. The zero-order valence-corrected chi connectivity index (χ0v) is 14.6. The van der Waals surface area contributed by atoms with Crippen LogP contribution in [0.5, 0.6) is 0 Å². The molecule has 0 aromatic rings. The van der Waals surface area contributed by atoms with E-state index in [1.54, 1.807) is 0 Å². The summed E-state index contributed by atoms with van der Waals surface area (Å²) in [6.07, 6.45) is 10.4. The van der Waals surface area contributed by atoms with Crippen molar-refractivity contribution < 1.29 is 9.53 Å². The first-order chi connectivity index (χ1) is 10.3. The molecule has 0 aromatic carbocycles. The molecule has 2 saturated carbocycles. The molecule has 4 rings (SSSR count). The molecule has 0 radical (unpaired) electrons. The molecule has 1 spiro atoms. The van der Waals surface area contributed by atoms with E-state index in [1.807, 2.05) is 0 Å². The molecule has 3 fully saturated rings. The van der Waals surface area contributed by atoms with E-state index in [0.717, 1.165) is 32.1 Å². The van der Waals surface area contributed by atoms with Gasteiger partial charge in [-0.1, -0.05) is 39.7 Å². The van der Waals surface area contributed by atoms with Crippen LogP contribution in [0.1, 0.15) is 72.6 Å². The summed E-state index contributed by atoms with van der Waals surface area (Å²) in [5.74, 6) is 1.68. The van der Waals surface area contributed by atoms with Crippen LogP contribution in [-0.4, -0.2) is 11.6 Å². The molecule has 0 aromatic heterocycles. The van der Waals surface area contributed by atoms with Gasteiger partial charge >= 0.3 is 5.97 Å². The van der Waals surface area contributed by atoms with E-state index in [0.29, 0.717) is 17.8 Å². The van der Waals surface area contributed by atoms with Crippen molar-refractivity contribution in [3.8, 4) is 0 Å². The monoisotopic (exact) mass is 302 g/mol. The fraction of sp³-hybridized carbons (Fsp3) is 0.850. The van der Waals surface area contributed by atoms with Crippen LogP contribution in [0.3, 0.4) is 0 Å². The van der Waals surface area contributed by atoms with Gasteiger partial charge in [0, 0.05) is 5.92 Å². The number of hydrogen-bond donors (Lipinski definition) is 0. The second-order valence-corrected chi connectivity index (χ2v) is 9.28. The lowest BCUT2D eigenvalue weighted by molar-refractivity contribution is -0.156. The SMILES string of the molecule is CC(C)C1=CC23CCC4C(C)(C)CCCC4(C(=O)O2)C3CC1. The van der Waals surface area contributed by atoms with E-state index in [9.17, 15) is 4.79 Å². The summed E-state index contributed by atoms with van der Waals surface area (Å²) in [5, 5.41) is 0. The third-order valence-electron chi connectivity index (χ3n) is 7.57. The molecule has 1 aliphatic heterocycles. The van der Waals surface area contributed by atoms with E-state index < -0.39 is 0 Å². The van der Waals surface area contributed by atoms with Gasteiger partial charge in [0.1, 0.15) is 5.60 Å². The number of carbonyl (C=O) groups is 1. The van der Waals surface area contributed by atoms with Crippen LogP contribution in [0.15, 0.2) is 11.6 Å². The van der Waals surface area contributed by atoms with Gasteiger partial charge in [0.05, 0.1) is 5.41 Å². The van der Waals surface area contributed by atoms with E-state index in [2.05, 4.69) is 33.8 Å². The Hall–Kier alpha value is -0.790. The first-order valence-electron chi connectivity index (χ1n) is 9.27. The Balaban J connectivity index is 1.82. The van der Waals surface area contributed by atoms with Crippen LogP contribution in [0.25, 0.3) is 0 Å². The minimum absolute atomic E-state index is 0.147. The molecule has 3 aliphatic carbocycles. The molecule has 4 atom stereocenters. The zero-order chi connectivity index (χ0) is 15.8. The van der Waals surface area contributed by atoms with Crippen molar-refractivity contribution >= 4 is 5.97 Å². The number of carbonyl (C=O) groups excluding carboxylic acids is 1. The molecule has 1 saturated heterocycles. The predicted molar refractivity (Wildman–Crippen MR) is 87.3 cm³/mol. The van der Waals surface area contributed by atoms with Gasteiger partial charge in [0.15, 0.2) is 0 Å². The normalized spacial score (nSPS) is 45.9. The lowest BCUT2D eigenvalue weighted by atomic mass is 9.44. The van der Waals surface area contributed by atoms with E-state index in [1.165, 1.54) is 18.4 Å². The summed E-state index contributed by atoms with van der Waals surface area (Å²) in [7, 11) is 0. The Bertz CT molecular complexity index is 544. The van der Waals surface area contributed by atoms with Gasteiger partial charge in [-0.25, -0.2) is 0 Å². The second-order valence-electron chi connectivity index (χ2n) is 9.28.